The molecule has 3 aromatic heterocycles. The molecule has 190 valence electrons. The lowest BCUT2D eigenvalue weighted by atomic mass is 10.1. The fourth-order valence-electron chi connectivity index (χ4n) is 4.53. The van der Waals surface area contributed by atoms with Crippen molar-refractivity contribution in [2.75, 3.05) is 11.9 Å². The largest absolute Gasteiger partial charge is 0.494 e. The Hall–Kier alpha value is -4.40. The Kier molecular flexibility index (Phi) is 6.52. The van der Waals surface area contributed by atoms with Gasteiger partial charge in [0.25, 0.3) is 0 Å². The number of ether oxygens (including phenoxy) is 1. The molecule has 0 aliphatic rings. The first kappa shape index (κ1) is 24.3. The molecule has 0 radical (unpaired) electrons. The minimum absolute atomic E-state index is 0.195. The highest BCUT2D eigenvalue weighted by atomic mass is 16.5. The van der Waals surface area contributed by atoms with Crippen molar-refractivity contribution >= 4 is 22.8 Å². The fraction of sp³-hybridized carbons (Fsp3) is 0.286. The highest BCUT2D eigenvalue weighted by molar-refractivity contribution is 5.92. The average Bonchev–Trinajstić information content (AvgIpc) is 3.43. The van der Waals surface area contributed by atoms with Crippen LogP contribution in [-0.2, 0) is 11.3 Å². The topological polar surface area (TPSA) is 94.9 Å². The first-order valence-electron chi connectivity index (χ1n) is 12.4. The summed E-state index contributed by atoms with van der Waals surface area (Å²) in [5.74, 6) is 0.509. The number of unbranched alkanes of at least 4 members (excludes halogenated alkanes) is 1. The molecule has 37 heavy (non-hydrogen) atoms. The molecule has 0 fully saturated rings. The third kappa shape index (κ3) is 4.84. The maximum Gasteiger partial charge on any atom is 0.350 e. The number of hydrogen-bond acceptors (Lipinski definition) is 5. The smallest absolute Gasteiger partial charge is 0.350 e. The van der Waals surface area contributed by atoms with Crippen molar-refractivity contribution in [3.63, 3.8) is 0 Å². The second-order valence-corrected chi connectivity index (χ2v) is 9.34. The van der Waals surface area contributed by atoms with E-state index in [0.717, 1.165) is 52.2 Å². The van der Waals surface area contributed by atoms with Gasteiger partial charge in [0.15, 0.2) is 5.65 Å². The number of nitrogens with zero attached hydrogens (tertiary/aromatic N) is 5. The van der Waals surface area contributed by atoms with Gasteiger partial charge >= 0.3 is 5.69 Å². The van der Waals surface area contributed by atoms with E-state index in [2.05, 4.69) is 22.4 Å². The van der Waals surface area contributed by atoms with Crippen LogP contribution in [0.5, 0.6) is 5.75 Å². The van der Waals surface area contributed by atoms with Crippen LogP contribution >= 0.6 is 0 Å². The Labute approximate surface area is 214 Å². The molecule has 0 unspecified atom stereocenters. The van der Waals surface area contributed by atoms with Gasteiger partial charge in [-0.25, -0.2) is 18.4 Å². The molecule has 0 saturated carbocycles. The van der Waals surface area contributed by atoms with Gasteiger partial charge in [-0.15, -0.1) is 5.10 Å². The summed E-state index contributed by atoms with van der Waals surface area (Å²) < 4.78 is 10.0. The van der Waals surface area contributed by atoms with Crippen molar-refractivity contribution in [3.05, 3.63) is 82.0 Å². The molecular weight excluding hydrogens is 468 g/mol. The Morgan fingerprint density at radius 1 is 1.00 bits per heavy atom. The molecule has 9 nitrogen and oxygen atoms in total. The molecule has 0 spiro atoms. The van der Waals surface area contributed by atoms with Gasteiger partial charge in [0.05, 0.1) is 12.3 Å². The van der Waals surface area contributed by atoms with Gasteiger partial charge in [0.1, 0.15) is 17.8 Å². The van der Waals surface area contributed by atoms with Crippen LogP contribution in [0.2, 0.25) is 0 Å². The van der Waals surface area contributed by atoms with Crippen molar-refractivity contribution < 1.29 is 9.53 Å². The van der Waals surface area contributed by atoms with Crippen molar-refractivity contribution in [3.8, 4) is 17.0 Å². The maximum atomic E-state index is 13.0. The lowest BCUT2D eigenvalue weighted by Crippen LogP contribution is -2.28. The van der Waals surface area contributed by atoms with E-state index >= 15 is 0 Å². The Bertz CT molecular complexity index is 1640. The van der Waals surface area contributed by atoms with Crippen LogP contribution in [0.4, 0.5) is 5.69 Å². The summed E-state index contributed by atoms with van der Waals surface area (Å²) in [7, 11) is 0. The molecular formula is C28H30N6O3. The number of nitrogens with one attached hydrogen (secondary N) is 1. The zero-order chi connectivity index (χ0) is 26.1. The van der Waals surface area contributed by atoms with Gasteiger partial charge in [-0.05, 0) is 68.7 Å². The molecule has 3 heterocycles. The molecule has 0 aliphatic carbocycles. The monoisotopic (exact) mass is 498 g/mol. The first-order chi connectivity index (χ1) is 17.8. The Morgan fingerprint density at radius 3 is 2.43 bits per heavy atom. The van der Waals surface area contributed by atoms with Crippen molar-refractivity contribution in [1.82, 2.24) is 23.8 Å². The number of benzene rings is 2. The zero-order valence-electron chi connectivity index (χ0n) is 21.5. The maximum absolute atomic E-state index is 13.0. The number of carbonyl (C=O) groups excluding carboxylic acids is 1. The van der Waals surface area contributed by atoms with Gasteiger partial charge in [0.2, 0.25) is 5.91 Å². The lowest BCUT2D eigenvalue weighted by molar-refractivity contribution is -0.117. The summed E-state index contributed by atoms with van der Waals surface area (Å²) in [6.45, 7) is 8.55. The molecule has 1 amide bonds. The third-order valence-corrected chi connectivity index (χ3v) is 6.34. The molecule has 0 saturated heterocycles. The quantitative estimate of drug-likeness (QED) is 0.317. The third-order valence-electron chi connectivity index (χ3n) is 6.34. The minimum Gasteiger partial charge on any atom is -0.494 e. The summed E-state index contributed by atoms with van der Waals surface area (Å²) in [6, 6.07) is 13.7. The van der Waals surface area contributed by atoms with Crippen molar-refractivity contribution in [2.24, 2.45) is 0 Å². The average molecular weight is 499 g/mol. The van der Waals surface area contributed by atoms with E-state index in [1.165, 1.54) is 9.08 Å². The van der Waals surface area contributed by atoms with Crippen molar-refractivity contribution in [1.29, 1.82) is 0 Å². The van der Waals surface area contributed by atoms with Crippen LogP contribution in [0.15, 0.2) is 59.7 Å². The summed E-state index contributed by atoms with van der Waals surface area (Å²) in [5.41, 5.74) is 6.23. The number of anilines is 1. The summed E-state index contributed by atoms with van der Waals surface area (Å²) in [5, 5.41) is 12.1. The standard InChI is InChI=1S/C28H30N6O3/c1-5-6-13-37-22-9-7-21(8-10-22)23-16-24-27-31-34(28(36)32(27)11-12-33(24)30-23)17-25(35)29-26-19(3)14-18(2)15-20(26)4/h7-12,14-16H,5-6,13,17H2,1-4H3,(H,29,35). The van der Waals surface area contributed by atoms with Gasteiger partial charge in [-0.2, -0.15) is 5.10 Å². The van der Waals surface area contributed by atoms with E-state index < -0.39 is 0 Å². The molecule has 0 atom stereocenters. The zero-order valence-corrected chi connectivity index (χ0v) is 21.5. The number of hydrogen-bond donors (Lipinski definition) is 1. The van der Waals surface area contributed by atoms with E-state index in [9.17, 15) is 9.59 Å². The summed E-state index contributed by atoms with van der Waals surface area (Å²) >= 11 is 0. The number of amides is 1. The van der Waals surface area contributed by atoms with Crippen LogP contribution in [0, 0.1) is 20.8 Å². The number of carbonyl (C=O) groups is 1. The van der Waals surface area contributed by atoms with E-state index in [0.29, 0.717) is 17.8 Å². The minimum atomic E-state index is -0.388. The normalized spacial score (nSPS) is 11.4. The molecule has 0 aliphatic heterocycles. The summed E-state index contributed by atoms with van der Waals surface area (Å²) in [4.78, 5) is 25.8. The van der Waals surface area contributed by atoms with Crippen LogP contribution in [-0.4, -0.2) is 36.3 Å². The SMILES string of the molecule is CCCCOc1ccc(-c2cc3c4nn(CC(=O)Nc5c(C)cc(C)cc5C)c(=O)n4ccn3n2)cc1. The highest BCUT2D eigenvalue weighted by Crippen LogP contribution is 2.24. The van der Waals surface area contributed by atoms with E-state index in [4.69, 9.17) is 4.74 Å². The predicted molar refractivity (Wildman–Crippen MR) is 143 cm³/mol. The predicted octanol–water partition coefficient (Wildman–Crippen LogP) is 4.55. The number of fused-ring (bicyclic) bond motifs is 3. The fourth-order valence-corrected chi connectivity index (χ4v) is 4.53. The van der Waals surface area contributed by atoms with E-state index in [1.54, 1.807) is 16.9 Å². The first-order valence-corrected chi connectivity index (χ1v) is 12.4. The molecule has 5 aromatic rings. The highest BCUT2D eigenvalue weighted by Gasteiger charge is 2.16. The molecule has 2 aromatic carbocycles. The summed E-state index contributed by atoms with van der Waals surface area (Å²) in [6.07, 6.45) is 5.43. The van der Waals surface area contributed by atoms with Crippen LogP contribution < -0.4 is 15.7 Å². The molecule has 1 N–H and O–H groups in total. The van der Waals surface area contributed by atoms with Gasteiger partial charge in [0, 0.05) is 23.6 Å². The number of aromatic nitrogens is 5. The number of rotatable bonds is 8. The lowest BCUT2D eigenvalue weighted by Gasteiger charge is -2.12. The van der Waals surface area contributed by atoms with Gasteiger partial charge in [-0.1, -0.05) is 31.0 Å². The second-order valence-electron chi connectivity index (χ2n) is 9.34. The number of aryl methyl sites for hydroxylation is 3. The van der Waals surface area contributed by atoms with E-state index in [-0.39, 0.29) is 18.1 Å². The van der Waals surface area contributed by atoms with Crippen molar-refractivity contribution in [2.45, 2.75) is 47.1 Å². The molecule has 5 rings (SSSR count). The van der Waals surface area contributed by atoms with E-state index in [1.807, 2.05) is 63.2 Å². The van der Waals surface area contributed by atoms with Gasteiger partial charge in [-0.3, -0.25) is 4.79 Å². The second kappa shape index (κ2) is 9.93. The van der Waals surface area contributed by atoms with Crippen LogP contribution in [0.25, 0.3) is 22.4 Å². The Morgan fingerprint density at radius 2 is 1.73 bits per heavy atom. The molecule has 0 bridgehead atoms. The molecule has 9 heteroatoms. The van der Waals surface area contributed by atoms with Gasteiger partial charge < -0.3 is 10.1 Å². The van der Waals surface area contributed by atoms with Crippen LogP contribution in [0.1, 0.15) is 36.5 Å². The Balaban J connectivity index is 1.41. The van der Waals surface area contributed by atoms with Crippen LogP contribution in [0.3, 0.4) is 0 Å².